The molecule has 2 nitrogen and oxygen atoms in total. The van der Waals surface area contributed by atoms with Gasteiger partial charge in [-0.1, -0.05) is 38.1 Å². The maximum Gasteiger partial charge on any atom is 0.123 e. The third kappa shape index (κ3) is 5.15. The first-order valence-corrected chi connectivity index (χ1v) is 8.01. The zero-order chi connectivity index (χ0) is 15.8. The van der Waals surface area contributed by atoms with E-state index in [-0.39, 0.29) is 5.82 Å². The van der Waals surface area contributed by atoms with Gasteiger partial charge in [-0.05, 0) is 54.9 Å². The Labute approximate surface area is 133 Å². The lowest BCUT2D eigenvalue weighted by molar-refractivity contribution is 0.308. The summed E-state index contributed by atoms with van der Waals surface area (Å²) in [7, 11) is 0. The van der Waals surface area contributed by atoms with E-state index in [2.05, 4.69) is 48.3 Å². The lowest BCUT2D eigenvalue weighted by atomic mass is 10.1. The minimum absolute atomic E-state index is 0.193. The van der Waals surface area contributed by atoms with Crippen LogP contribution in [0.15, 0.2) is 48.5 Å². The number of halogens is 1. The minimum Gasteiger partial charge on any atom is -0.381 e. The molecule has 0 saturated carbocycles. The molecule has 118 valence electrons. The molecule has 3 heteroatoms. The Kier molecular flexibility index (Phi) is 6.41. The van der Waals surface area contributed by atoms with E-state index in [9.17, 15) is 4.39 Å². The quantitative estimate of drug-likeness (QED) is 0.781. The van der Waals surface area contributed by atoms with Crippen molar-refractivity contribution in [3.05, 3.63) is 65.5 Å². The van der Waals surface area contributed by atoms with Crippen molar-refractivity contribution in [1.82, 2.24) is 4.90 Å². The smallest absolute Gasteiger partial charge is 0.123 e. The van der Waals surface area contributed by atoms with Crippen LogP contribution < -0.4 is 5.32 Å². The van der Waals surface area contributed by atoms with Gasteiger partial charge in [0.15, 0.2) is 0 Å². The molecule has 0 aromatic heterocycles. The second kappa shape index (κ2) is 8.54. The Morgan fingerprint density at radius 1 is 0.864 bits per heavy atom. The molecule has 2 aromatic carbocycles. The van der Waals surface area contributed by atoms with E-state index in [1.165, 1.54) is 17.7 Å². The van der Waals surface area contributed by atoms with Crippen LogP contribution in [0.5, 0.6) is 0 Å². The maximum atomic E-state index is 12.9. The van der Waals surface area contributed by atoms with Crippen LogP contribution in [0.1, 0.15) is 25.0 Å². The summed E-state index contributed by atoms with van der Waals surface area (Å²) >= 11 is 0. The van der Waals surface area contributed by atoms with Crippen molar-refractivity contribution < 1.29 is 4.39 Å². The first-order valence-electron chi connectivity index (χ1n) is 8.01. The number of nitrogens with zero attached hydrogens (tertiary/aromatic N) is 1. The van der Waals surface area contributed by atoms with Crippen LogP contribution in [0.25, 0.3) is 0 Å². The molecule has 0 spiro atoms. The monoisotopic (exact) mass is 300 g/mol. The molecule has 0 bridgehead atoms. The van der Waals surface area contributed by atoms with E-state index < -0.39 is 0 Å². The van der Waals surface area contributed by atoms with Gasteiger partial charge in [0.25, 0.3) is 0 Å². The minimum atomic E-state index is -0.193. The first-order chi connectivity index (χ1) is 10.7. The molecule has 1 N–H and O–H groups in total. The Bertz CT molecular complexity index is 545. The van der Waals surface area contributed by atoms with Gasteiger partial charge in [-0.2, -0.15) is 0 Å². The number of rotatable bonds is 8. The number of benzene rings is 2. The van der Waals surface area contributed by atoms with Gasteiger partial charge < -0.3 is 10.2 Å². The molecule has 0 saturated heterocycles. The van der Waals surface area contributed by atoms with Gasteiger partial charge >= 0.3 is 0 Å². The lowest BCUT2D eigenvalue weighted by Gasteiger charge is -2.17. The summed E-state index contributed by atoms with van der Waals surface area (Å²) < 4.78 is 12.9. The van der Waals surface area contributed by atoms with Crippen LogP contribution in [0.4, 0.5) is 10.1 Å². The third-order valence-electron chi connectivity index (χ3n) is 3.97. The number of anilines is 1. The van der Waals surface area contributed by atoms with E-state index in [1.54, 1.807) is 12.1 Å². The van der Waals surface area contributed by atoms with Crippen LogP contribution in [0.3, 0.4) is 0 Å². The van der Waals surface area contributed by atoms with E-state index in [0.717, 1.165) is 37.3 Å². The topological polar surface area (TPSA) is 15.3 Å². The van der Waals surface area contributed by atoms with Crippen LogP contribution in [0, 0.1) is 5.82 Å². The molecule has 0 fully saturated rings. The van der Waals surface area contributed by atoms with E-state index in [4.69, 9.17) is 0 Å². The van der Waals surface area contributed by atoms with Gasteiger partial charge in [0.1, 0.15) is 5.82 Å². The molecule has 0 aliphatic heterocycles. The largest absolute Gasteiger partial charge is 0.381 e. The predicted molar refractivity (Wildman–Crippen MR) is 91.7 cm³/mol. The molecule has 0 atom stereocenters. The molecule has 0 heterocycles. The van der Waals surface area contributed by atoms with Crippen molar-refractivity contribution >= 4 is 5.69 Å². The van der Waals surface area contributed by atoms with Crippen LogP contribution in [-0.4, -0.2) is 24.5 Å². The summed E-state index contributed by atoms with van der Waals surface area (Å²) in [6, 6.07) is 15.2. The fraction of sp³-hybridized carbons (Fsp3) is 0.368. The van der Waals surface area contributed by atoms with Crippen molar-refractivity contribution in [2.45, 2.75) is 26.8 Å². The van der Waals surface area contributed by atoms with E-state index in [0.29, 0.717) is 6.54 Å². The number of hydrogen-bond donors (Lipinski definition) is 1. The standard InChI is InChI=1S/C19H25FN2/c1-3-22(4-2)14-13-16-7-11-19(12-8-16)21-15-17-5-9-18(20)10-6-17/h5-12,21H,3-4,13-15H2,1-2H3. The zero-order valence-electron chi connectivity index (χ0n) is 13.5. The molecule has 0 unspecified atom stereocenters. The average molecular weight is 300 g/mol. The van der Waals surface area contributed by atoms with Gasteiger partial charge in [0.2, 0.25) is 0 Å². The number of nitrogens with one attached hydrogen (secondary N) is 1. The summed E-state index contributed by atoms with van der Waals surface area (Å²) in [5.41, 5.74) is 3.53. The fourth-order valence-electron chi connectivity index (χ4n) is 2.42. The lowest BCUT2D eigenvalue weighted by Crippen LogP contribution is -2.25. The number of likely N-dealkylation sites (N-methyl/N-ethyl adjacent to an activating group) is 1. The molecular weight excluding hydrogens is 275 g/mol. The van der Waals surface area contributed by atoms with Crippen LogP contribution >= 0.6 is 0 Å². The van der Waals surface area contributed by atoms with Gasteiger partial charge in [0, 0.05) is 18.8 Å². The molecule has 0 amide bonds. The molecule has 0 aliphatic rings. The van der Waals surface area contributed by atoms with Gasteiger partial charge in [-0.15, -0.1) is 0 Å². The van der Waals surface area contributed by atoms with E-state index >= 15 is 0 Å². The highest BCUT2D eigenvalue weighted by Gasteiger charge is 2.00. The van der Waals surface area contributed by atoms with Crippen molar-refractivity contribution in [3.63, 3.8) is 0 Å². The van der Waals surface area contributed by atoms with E-state index in [1.807, 2.05) is 0 Å². The summed E-state index contributed by atoms with van der Waals surface area (Å²) in [5, 5.41) is 3.36. The van der Waals surface area contributed by atoms with Gasteiger partial charge in [-0.3, -0.25) is 0 Å². The highest BCUT2D eigenvalue weighted by molar-refractivity contribution is 5.45. The Balaban J connectivity index is 1.82. The van der Waals surface area contributed by atoms with Crippen molar-refractivity contribution in [3.8, 4) is 0 Å². The van der Waals surface area contributed by atoms with Gasteiger partial charge in [0.05, 0.1) is 0 Å². The molecule has 0 aliphatic carbocycles. The molecule has 2 rings (SSSR count). The van der Waals surface area contributed by atoms with Crippen LogP contribution in [-0.2, 0) is 13.0 Å². The Morgan fingerprint density at radius 2 is 1.45 bits per heavy atom. The normalized spacial score (nSPS) is 10.9. The zero-order valence-corrected chi connectivity index (χ0v) is 13.5. The predicted octanol–water partition coefficient (Wildman–Crippen LogP) is 4.32. The summed E-state index contributed by atoms with van der Waals surface area (Å²) in [5.74, 6) is -0.193. The average Bonchev–Trinajstić information content (AvgIpc) is 2.56. The maximum absolute atomic E-state index is 12.9. The van der Waals surface area contributed by atoms with Gasteiger partial charge in [-0.25, -0.2) is 4.39 Å². The third-order valence-corrected chi connectivity index (χ3v) is 3.97. The second-order valence-corrected chi connectivity index (χ2v) is 5.45. The Morgan fingerprint density at radius 3 is 2.05 bits per heavy atom. The molecular formula is C19H25FN2. The SMILES string of the molecule is CCN(CC)CCc1ccc(NCc2ccc(F)cc2)cc1. The van der Waals surface area contributed by atoms with Crippen molar-refractivity contribution in [2.75, 3.05) is 25.0 Å². The highest BCUT2D eigenvalue weighted by Crippen LogP contribution is 2.12. The summed E-state index contributed by atoms with van der Waals surface area (Å²) in [6.45, 7) is 8.42. The summed E-state index contributed by atoms with van der Waals surface area (Å²) in [6.07, 6.45) is 1.08. The molecule has 2 aromatic rings. The van der Waals surface area contributed by atoms with Crippen molar-refractivity contribution in [2.24, 2.45) is 0 Å². The van der Waals surface area contributed by atoms with Crippen molar-refractivity contribution in [1.29, 1.82) is 0 Å². The number of hydrogen-bond acceptors (Lipinski definition) is 2. The first kappa shape index (κ1) is 16.5. The molecule has 0 radical (unpaired) electrons. The Hall–Kier alpha value is -1.87. The summed E-state index contributed by atoms with van der Waals surface area (Å²) in [4.78, 5) is 2.43. The fourth-order valence-corrected chi connectivity index (χ4v) is 2.42. The molecule has 22 heavy (non-hydrogen) atoms. The van der Waals surface area contributed by atoms with Crippen LogP contribution in [0.2, 0.25) is 0 Å². The highest BCUT2D eigenvalue weighted by atomic mass is 19.1. The second-order valence-electron chi connectivity index (χ2n) is 5.45.